The molecule has 3 aliphatic heterocycles. The predicted octanol–water partition coefficient (Wildman–Crippen LogP) is 2.04. The number of morpholine rings is 1. The SMILES string of the molecule is CCO[C@@H](C)C(=O)OC[C@H](C(=O)OC1C[C@@H]2[C@@H]3O[C@@H]3[C@@H](C1)[N+]2(C)C)c1ccccc1. The second kappa shape index (κ2) is 8.29. The third kappa shape index (κ3) is 3.98. The summed E-state index contributed by atoms with van der Waals surface area (Å²) in [5, 5.41) is 0. The van der Waals surface area contributed by atoms with E-state index in [0.29, 0.717) is 30.9 Å². The maximum absolute atomic E-state index is 13.1. The van der Waals surface area contributed by atoms with E-state index in [1.165, 1.54) is 0 Å². The summed E-state index contributed by atoms with van der Waals surface area (Å²) in [7, 11) is 4.49. The molecule has 3 aliphatic rings. The molecule has 0 aromatic heterocycles. The summed E-state index contributed by atoms with van der Waals surface area (Å²) in [6.07, 6.45) is 1.43. The molecule has 0 saturated carbocycles. The van der Waals surface area contributed by atoms with Crippen molar-refractivity contribution in [3.63, 3.8) is 0 Å². The lowest BCUT2D eigenvalue weighted by atomic mass is 9.95. The average molecular weight is 419 g/mol. The van der Waals surface area contributed by atoms with Crippen molar-refractivity contribution < 1.29 is 33.0 Å². The Bertz CT molecular complexity index is 761. The monoisotopic (exact) mass is 418 g/mol. The normalized spacial score (nSPS) is 32.6. The fraction of sp³-hybridized carbons (Fsp3) is 0.652. The van der Waals surface area contributed by atoms with Gasteiger partial charge in [0.25, 0.3) is 0 Å². The summed E-state index contributed by atoms with van der Waals surface area (Å²) < 4.78 is 23.4. The Labute approximate surface area is 177 Å². The third-order valence-electron chi connectivity index (χ3n) is 6.95. The van der Waals surface area contributed by atoms with Crippen LogP contribution in [0.3, 0.4) is 0 Å². The maximum atomic E-state index is 13.1. The first-order valence-corrected chi connectivity index (χ1v) is 10.8. The highest BCUT2D eigenvalue weighted by Crippen LogP contribution is 2.51. The second-order valence-corrected chi connectivity index (χ2v) is 9.05. The molecule has 4 rings (SSSR count). The van der Waals surface area contributed by atoms with Crippen molar-refractivity contribution in [2.24, 2.45) is 0 Å². The number of likely N-dealkylation sites (N-methyl/N-ethyl adjacent to an activating group) is 1. The molecule has 0 aliphatic carbocycles. The summed E-state index contributed by atoms with van der Waals surface area (Å²) in [5.41, 5.74) is 0.778. The molecule has 0 N–H and O–H groups in total. The Morgan fingerprint density at radius 3 is 2.33 bits per heavy atom. The van der Waals surface area contributed by atoms with E-state index in [9.17, 15) is 9.59 Å². The average Bonchev–Trinajstić information content (AvgIpc) is 3.47. The van der Waals surface area contributed by atoms with E-state index in [2.05, 4.69) is 14.1 Å². The first-order valence-electron chi connectivity index (χ1n) is 10.8. The zero-order chi connectivity index (χ0) is 21.5. The highest BCUT2D eigenvalue weighted by molar-refractivity contribution is 5.80. The van der Waals surface area contributed by atoms with E-state index >= 15 is 0 Å². The smallest absolute Gasteiger partial charge is 0.334 e. The highest BCUT2D eigenvalue weighted by atomic mass is 16.6. The molecule has 7 atom stereocenters. The second-order valence-electron chi connectivity index (χ2n) is 9.05. The zero-order valence-electron chi connectivity index (χ0n) is 18.2. The number of rotatable bonds is 8. The lowest BCUT2D eigenvalue weighted by Gasteiger charge is -2.45. The van der Waals surface area contributed by atoms with Gasteiger partial charge in [0.15, 0.2) is 6.10 Å². The van der Waals surface area contributed by atoms with Gasteiger partial charge in [0.05, 0.1) is 14.1 Å². The van der Waals surface area contributed by atoms with Crippen molar-refractivity contribution in [1.29, 1.82) is 0 Å². The van der Waals surface area contributed by atoms with E-state index in [4.69, 9.17) is 18.9 Å². The molecule has 1 unspecified atom stereocenters. The molecule has 0 spiro atoms. The van der Waals surface area contributed by atoms with Crippen LogP contribution in [0.1, 0.15) is 38.2 Å². The summed E-state index contributed by atoms with van der Waals surface area (Å²) >= 11 is 0. The van der Waals surface area contributed by atoms with Crippen LogP contribution in [0.5, 0.6) is 0 Å². The lowest BCUT2D eigenvalue weighted by Crippen LogP contribution is -2.60. The van der Waals surface area contributed by atoms with Gasteiger partial charge in [-0.1, -0.05) is 30.3 Å². The van der Waals surface area contributed by atoms with Crippen LogP contribution in [0.25, 0.3) is 0 Å². The molecule has 3 fully saturated rings. The van der Waals surface area contributed by atoms with Crippen LogP contribution in [0.4, 0.5) is 0 Å². The molecule has 0 radical (unpaired) electrons. The Balaban J connectivity index is 1.41. The van der Waals surface area contributed by atoms with Gasteiger partial charge < -0.3 is 23.4 Å². The number of esters is 2. The Kier molecular flexibility index (Phi) is 5.88. The summed E-state index contributed by atoms with van der Waals surface area (Å²) in [6.45, 7) is 3.83. The fourth-order valence-electron chi connectivity index (χ4n) is 5.13. The van der Waals surface area contributed by atoms with Crippen molar-refractivity contribution in [3.05, 3.63) is 35.9 Å². The van der Waals surface area contributed by atoms with Crippen LogP contribution < -0.4 is 0 Å². The highest BCUT2D eigenvalue weighted by Gasteiger charge is 2.70. The maximum Gasteiger partial charge on any atom is 0.334 e. The molecule has 2 bridgehead atoms. The Morgan fingerprint density at radius 2 is 1.73 bits per heavy atom. The molecule has 30 heavy (non-hydrogen) atoms. The van der Waals surface area contributed by atoms with Crippen LogP contribution in [0.15, 0.2) is 30.3 Å². The molecule has 1 aromatic rings. The number of fused-ring (bicyclic) bond motifs is 5. The number of hydrogen-bond acceptors (Lipinski definition) is 6. The van der Waals surface area contributed by atoms with Crippen LogP contribution in [0, 0.1) is 0 Å². The quantitative estimate of drug-likeness (QED) is 0.365. The van der Waals surface area contributed by atoms with Gasteiger partial charge >= 0.3 is 11.9 Å². The van der Waals surface area contributed by atoms with Gasteiger partial charge in [0.2, 0.25) is 0 Å². The topological polar surface area (TPSA) is 74.4 Å². The van der Waals surface area contributed by atoms with Gasteiger partial charge in [-0.2, -0.15) is 0 Å². The van der Waals surface area contributed by atoms with E-state index < -0.39 is 18.0 Å². The van der Waals surface area contributed by atoms with Gasteiger partial charge in [-0.25, -0.2) is 4.79 Å². The van der Waals surface area contributed by atoms with Gasteiger partial charge in [0, 0.05) is 19.4 Å². The molecule has 164 valence electrons. The summed E-state index contributed by atoms with van der Waals surface area (Å²) in [5.74, 6) is -1.47. The molecule has 1 aromatic carbocycles. The minimum atomic E-state index is -0.664. The lowest BCUT2D eigenvalue weighted by molar-refractivity contribution is -0.938. The van der Waals surface area contributed by atoms with Crippen molar-refractivity contribution in [2.75, 3.05) is 27.3 Å². The molecule has 3 saturated heterocycles. The predicted molar refractivity (Wildman–Crippen MR) is 109 cm³/mol. The molecular weight excluding hydrogens is 386 g/mol. The van der Waals surface area contributed by atoms with E-state index in [1.54, 1.807) is 6.92 Å². The molecule has 3 heterocycles. The van der Waals surface area contributed by atoms with Crippen LogP contribution in [-0.4, -0.2) is 80.2 Å². The summed E-state index contributed by atoms with van der Waals surface area (Å²) in [6, 6.07) is 10.1. The molecule has 7 heteroatoms. The van der Waals surface area contributed by atoms with Gasteiger partial charge in [-0.05, 0) is 19.4 Å². The van der Waals surface area contributed by atoms with Crippen molar-refractivity contribution >= 4 is 11.9 Å². The van der Waals surface area contributed by atoms with Crippen LogP contribution in [-0.2, 0) is 28.5 Å². The van der Waals surface area contributed by atoms with E-state index in [-0.39, 0.29) is 18.7 Å². The third-order valence-corrected chi connectivity index (χ3v) is 6.95. The van der Waals surface area contributed by atoms with Crippen molar-refractivity contribution in [1.82, 2.24) is 0 Å². The molecular formula is C23H32NO6+. The van der Waals surface area contributed by atoms with Crippen LogP contribution >= 0.6 is 0 Å². The minimum absolute atomic E-state index is 0.0609. The van der Waals surface area contributed by atoms with Crippen molar-refractivity contribution in [2.45, 2.75) is 69.1 Å². The van der Waals surface area contributed by atoms with Crippen LogP contribution in [0.2, 0.25) is 0 Å². The van der Waals surface area contributed by atoms with Gasteiger partial charge in [-0.15, -0.1) is 0 Å². The number of epoxide rings is 1. The fourth-order valence-corrected chi connectivity index (χ4v) is 5.13. The number of carbonyl (C=O) groups is 2. The van der Waals surface area contributed by atoms with Gasteiger partial charge in [0.1, 0.15) is 42.9 Å². The first-order chi connectivity index (χ1) is 14.3. The van der Waals surface area contributed by atoms with E-state index in [1.807, 2.05) is 37.3 Å². The van der Waals surface area contributed by atoms with Crippen molar-refractivity contribution in [3.8, 4) is 0 Å². The van der Waals surface area contributed by atoms with Gasteiger partial charge in [-0.3, -0.25) is 4.79 Å². The number of piperidine rings is 1. The Hall–Kier alpha value is -1.96. The number of quaternary nitrogens is 1. The number of benzene rings is 1. The summed E-state index contributed by atoms with van der Waals surface area (Å²) in [4.78, 5) is 25.3. The number of ether oxygens (including phenoxy) is 4. The number of hydrogen-bond donors (Lipinski definition) is 0. The standard InChI is InChI=1S/C23H32NO6/c1-5-27-14(2)22(25)28-13-17(15-9-7-6-8-10-15)23(26)29-16-11-18-20-21(30-20)19(12-16)24(18,3)4/h6-10,14,16-21H,5,11-13H2,1-4H3/q+1/t14-,16?,17-,18+,19+,20-,21+/m0/s1. The molecule has 7 nitrogen and oxygen atoms in total. The van der Waals surface area contributed by atoms with E-state index in [0.717, 1.165) is 22.9 Å². The first kappa shape index (κ1) is 21.3. The Morgan fingerprint density at radius 1 is 1.10 bits per heavy atom. The largest absolute Gasteiger partial charge is 0.462 e. The number of carbonyl (C=O) groups excluding carboxylic acids is 2. The zero-order valence-corrected chi connectivity index (χ0v) is 18.2. The number of nitrogens with zero attached hydrogens (tertiary/aromatic N) is 1. The molecule has 0 amide bonds. The minimum Gasteiger partial charge on any atom is -0.462 e.